The fourth-order valence-corrected chi connectivity index (χ4v) is 2.51. The van der Waals surface area contributed by atoms with E-state index in [-0.39, 0.29) is 28.2 Å². The van der Waals surface area contributed by atoms with E-state index in [0.29, 0.717) is 13.1 Å². The predicted octanol–water partition coefficient (Wildman–Crippen LogP) is 1.81. The number of nitrogens with zero attached hydrogens (tertiary/aromatic N) is 2. The summed E-state index contributed by atoms with van der Waals surface area (Å²) >= 11 is 5.73. The topological polar surface area (TPSA) is 89.5 Å². The number of benzene rings is 1. The molecular weight excluding hydrogens is 270 g/mol. The van der Waals surface area contributed by atoms with Crippen molar-refractivity contribution in [2.45, 2.75) is 18.9 Å². The second-order valence-corrected chi connectivity index (χ2v) is 4.89. The van der Waals surface area contributed by atoms with Crippen molar-refractivity contribution >= 4 is 23.2 Å². The van der Waals surface area contributed by atoms with Crippen LogP contribution in [-0.2, 0) is 0 Å². The zero-order chi connectivity index (χ0) is 14.0. The second kappa shape index (κ2) is 5.54. The zero-order valence-electron chi connectivity index (χ0n) is 10.2. The summed E-state index contributed by atoms with van der Waals surface area (Å²) in [5.41, 5.74) is 5.41. The monoisotopic (exact) mass is 283 g/mol. The third-order valence-electron chi connectivity index (χ3n) is 3.30. The van der Waals surface area contributed by atoms with Gasteiger partial charge in [-0.15, -0.1) is 0 Å². The zero-order valence-corrected chi connectivity index (χ0v) is 11.0. The van der Waals surface area contributed by atoms with Crippen molar-refractivity contribution in [3.8, 4) is 0 Å². The van der Waals surface area contributed by atoms with Gasteiger partial charge >= 0.3 is 0 Å². The normalized spacial score (nSPS) is 18.6. The molecule has 6 nitrogen and oxygen atoms in total. The maximum Gasteiger partial charge on any atom is 0.283 e. The molecule has 0 bridgehead atoms. The Balaban J connectivity index is 2.36. The standard InChI is InChI=1S/C12H14ClN3O3/c13-8-3-4-10(11(6-8)16(18)19)12(17)15-5-1-2-9(15)7-14/h3-4,6,9H,1-2,5,7,14H2. The van der Waals surface area contributed by atoms with Gasteiger partial charge in [0, 0.05) is 30.2 Å². The summed E-state index contributed by atoms with van der Waals surface area (Å²) in [6.07, 6.45) is 1.71. The molecule has 1 saturated heterocycles. The van der Waals surface area contributed by atoms with E-state index < -0.39 is 4.92 Å². The van der Waals surface area contributed by atoms with Crippen molar-refractivity contribution in [3.05, 3.63) is 38.9 Å². The molecule has 1 aromatic carbocycles. The number of halogens is 1. The highest BCUT2D eigenvalue weighted by Gasteiger charge is 2.32. The Morgan fingerprint density at radius 3 is 2.95 bits per heavy atom. The van der Waals surface area contributed by atoms with Crippen LogP contribution in [0, 0.1) is 10.1 Å². The predicted molar refractivity (Wildman–Crippen MR) is 71.2 cm³/mol. The van der Waals surface area contributed by atoms with Crippen molar-refractivity contribution in [1.82, 2.24) is 4.90 Å². The molecule has 1 heterocycles. The lowest BCUT2D eigenvalue weighted by atomic mass is 10.1. The van der Waals surface area contributed by atoms with Crippen LogP contribution in [0.25, 0.3) is 0 Å². The summed E-state index contributed by atoms with van der Waals surface area (Å²) in [6, 6.07) is 4.04. The van der Waals surface area contributed by atoms with Gasteiger partial charge in [-0.2, -0.15) is 0 Å². The number of carbonyl (C=O) groups excluding carboxylic acids is 1. The van der Waals surface area contributed by atoms with Crippen LogP contribution in [0.2, 0.25) is 5.02 Å². The minimum Gasteiger partial charge on any atom is -0.334 e. The first kappa shape index (κ1) is 13.8. The van der Waals surface area contributed by atoms with Crippen molar-refractivity contribution in [2.24, 2.45) is 5.73 Å². The maximum absolute atomic E-state index is 12.4. The molecule has 0 aliphatic carbocycles. The van der Waals surface area contributed by atoms with Gasteiger partial charge in [0.15, 0.2) is 0 Å². The fraction of sp³-hybridized carbons (Fsp3) is 0.417. The highest BCUT2D eigenvalue weighted by molar-refractivity contribution is 6.31. The van der Waals surface area contributed by atoms with E-state index in [4.69, 9.17) is 17.3 Å². The molecule has 2 rings (SSSR count). The van der Waals surface area contributed by atoms with Crippen molar-refractivity contribution in [2.75, 3.05) is 13.1 Å². The van der Waals surface area contributed by atoms with Crippen LogP contribution in [-0.4, -0.2) is 34.9 Å². The van der Waals surface area contributed by atoms with E-state index in [0.717, 1.165) is 12.8 Å². The van der Waals surface area contributed by atoms with E-state index in [2.05, 4.69) is 0 Å². The molecular formula is C12H14ClN3O3. The van der Waals surface area contributed by atoms with Gasteiger partial charge in [-0.3, -0.25) is 14.9 Å². The average molecular weight is 284 g/mol. The van der Waals surface area contributed by atoms with Gasteiger partial charge < -0.3 is 10.6 Å². The summed E-state index contributed by atoms with van der Waals surface area (Å²) in [5.74, 6) is -0.351. The first-order valence-electron chi connectivity index (χ1n) is 5.99. The Morgan fingerprint density at radius 2 is 2.32 bits per heavy atom. The molecule has 1 unspecified atom stereocenters. The first-order chi connectivity index (χ1) is 9.04. The molecule has 0 saturated carbocycles. The van der Waals surface area contributed by atoms with E-state index in [9.17, 15) is 14.9 Å². The lowest BCUT2D eigenvalue weighted by Gasteiger charge is -2.23. The summed E-state index contributed by atoms with van der Waals surface area (Å²) in [6.45, 7) is 0.952. The number of likely N-dealkylation sites (tertiary alicyclic amines) is 1. The number of nitro groups is 1. The van der Waals surface area contributed by atoms with Crippen LogP contribution in [0.15, 0.2) is 18.2 Å². The summed E-state index contributed by atoms with van der Waals surface area (Å²) in [4.78, 5) is 24.4. The molecule has 1 atom stereocenters. The van der Waals surface area contributed by atoms with Gasteiger partial charge in [0.2, 0.25) is 0 Å². The van der Waals surface area contributed by atoms with E-state index in [1.54, 1.807) is 4.90 Å². The highest BCUT2D eigenvalue weighted by Crippen LogP contribution is 2.27. The lowest BCUT2D eigenvalue weighted by molar-refractivity contribution is -0.385. The van der Waals surface area contributed by atoms with Gasteiger partial charge in [0.25, 0.3) is 11.6 Å². The molecule has 102 valence electrons. The number of nitrogens with two attached hydrogens (primary N) is 1. The van der Waals surface area contributed by atoms with Crippen LogP contribution < -0.4 is 5.73 Å². The molecule has 7 heteroatoms. The first-order valence-corrected chi connectivity index (χ1v) is 6.37. The minimum absolute atomic E-state index is 0.0391. The molecule has 0 aromatic heterocycles. The van der Waals surface area contributed by atoms with E-state index >= 15 is 0 Å². The number of nitro benzene ring substituents is 1. The van der Waals surface area contributed by atoms with Crippen LogP contribution in [0.5, 0.6) is 0 Å². The largest absolute Gasteiger partial charge is 0.334 e. The van der Waals surface area contributed by atoms with Crippen molar-refractivity contribution in [1.29, 1.82) is 0 Å². The number of amides is 1. The van der Waals surface area contributed by atoms with Gasteiger partial charge in [0.05, 0.1) is 4.92 Å². The van der Waals surface area contributed by atoms with Crippen molar-refractivity contribution < 1.29 is 9.72 Å². The smallest absolute Gasteiger partial charge is 0.283 e. The van der Waals surface area contributed by atoms with Gasteiger partial charge in [-0.1, -0.05) is 11.6 Å². The van der Waals surface area contributed by atoms with Crippen LogP contribution in [0.4, 0.5) is 5.69 Å². The number of rotatable bonds is 3. The van der Waals surface area contributed by atoms with Gasteiger partial charge in [-0.05, 0) is 25.0 Å². The van der Waals surface area contributed by atoms with Gasteiger partial charge in [0.1, 0.15) is 5.56 Å². The summed E-state index contributed by atoms with van der Waals surface area (Å²) in [7, 11) is 0. The lowest BCUT2D eigenvalue weighted by Crippen LogP contribution is -2.40. The SMILES string of the molecule is NCC1CCCN1C(=O)c1ccc(Cl)cc1[N+](=O)[O-]. The second-order valence-electron chi connectivity index (χ2n) is 4.45. The third kappa shape index (κ3) is 2.69. The minimum atomic E-state index is -0.591. The summed E-state index contributed by atoms with van der Waals surface area (Å²) in [5, 5.41) is 11.2. The quantitative estimate of drug-likeness (QED) is 0.677. The molecule has 19 heavy (non-hydrogen) atoms. The van der Waals surface area contributed by atoms with Gasteiger partial charge in [-0.25, -0.2) is 0 Å². The van der Waals surface area contributed by atoms with E-state index in [1.165, 1.54) is 18.2 Å². The highest BCUT2D eigenvalue weighted by atomic mass is 35.5. The Kier molecular flexibility index (Phi) is 4.01. The van der Waals surface area contributed by atoms with Crippen LogP contribution in [0.3, 0.4) is 0 Å². The fourth-order valence-electron chi connectivity index (χ4n) is 2.34. The molecule has 1 aliphatic heterocycles. The third-order valence-corrected chi connectivity index (χ3v) is 3.53. The Morgan fingerprint density at radius 1 is 1.58 bits per heavy atom. The Bertz CT molecular complexity index is 521. The average Bonchev–Trinajstić information content (AvgIpc) is 2.86. The number of hydrogen-bond acceptors (Lipinski definition) is 4. The maximum atomic E-state index is 12.4. The Labute approximate surface area is 115 Å². The molecule has 0 spiro atoms. The molecule has 1 amide bonds. The van der Waals surface area contributed by atoms with Crippen molar-refractivity contribution in [3.63, 3.8) is 0 Å². The molecule has 1 fully saturated rings. The number of hydrogen-bond donors (Lipinski definition) is 1. The molecule has 1 aliphatic rings. The molecule has 0 radical (unpaired) electrons. The summed E-state index contributed by atoms with van der Waals surface area (Å²) < 4.78 is 0. The van der Waals surface area contributed by atoms with E-state index in [1.807, 2.05) is 0 Å². The number of carbonyl (C=O) groups is 1. The van der Waals surface area contributed by atoms with Crippen LogP contribution in [0.1, 0.15) is 23.2 Å². The molecule has 2 N–H and O–H groups in total. The molecule has 1 aromatic rings. The van der Waals surface area contributed by atoms with Crippen LogP contribution >= 0.6 is 11.6 Å². The Hall–Kier alpha value is -1.66.